The van der Waals surface area contributed by atoms with Crippen LogP contribution in [0.5, 0.6) is 0 Å². The van der Waals surface area contributed by atoms with E-state index in [0.717, 1.165) is 21.3 Å². The van der Waals surface area contributed by atoms with Gasteiger partial charge in [-0.25, -0.2) is 9.97 Å². The first kappa shape index (κ1) is 9.54. The fourth-order valence-corrected chi connectivity index (χ4v) is 1.99. The normalized spacial score (nSPS) is 10.8. The van der Waals surface area contributed by atoms with Crippen LogP contribution < -0.4 is 0 Å². The van der Waals surface area contributed by atoms with Crippen molar-refractivity contribution in [2.75, 3.05) is 0 Å². The molecule has 0 radical (unpaired) electrons. The summed E-state index contributed by atoms with van der Waals surface area (Å²) in [6, 6.07) is 11.9. The molecule has 0 atom stereocenters. The standard InChI is InChI=1S/C12H8BrN3/c13-9-5-6-14-12(7-9)16-8-15-10-3-1-2-4-11(10)16/h1-8H. The molecule has 0 unspecified atom stereocenters. The molecular weight excluding hydrogens is 266 g/mol. The summed E-state index contributed by atoms with van der Waals surface area (Å²) in [5, 5.41) is 0. The molecule has 0 saturated heterocycles. The highest BCUT2D eigenvalue weighted by molar-refractivity contribution is 9.10. The highest BCUT2D eigenvalue weighted by Gasteiger charge is 2.04. The number of hydrogen-bond acceptors (Lipinski definition) is 2. The van der Waals surface area contributed by atoms with Crippen molar-refractivity contribution in [3.05, 3.63) is 53.4 Å². The number of para-hydroxylation sites is 2. The number of aromatic nitrogens is 3. The van der Waals surface area contributed by atoms with E-state index in [4.69, 9.17) is 0 Å². The minimum atomic E-state index is 0.864. The molecule has 0 aliphatic rings. The van der Waals surface area contributed by atoms with Crippen LogP contribution in [0.1, 0.15) is 0 Å². The summed E-state index contributed by atoms with van der Waals surface area (Å²) < 4.78 is 2.98. The van der Waals surface area contributed by atoms with Crippen molar-refractivity contribution < 1.29 is 0 Å². The third-order valence-electron chi connectivity index (χ3n) is 2.41. The predicted octanol–water partition coefficient (Wildman–Crippen LogP) is 3.18. The van der Waals surface area contributed by atoms with Gasteiger partial charge < -0.3 is 0 Å². The fraction of sp³-hybridized carbons (Fsp3) is 0. The van der Waals surface area contributed by atoms with Crippen molar-refractivity contribution in [3.63, 3.8) is 0 Å². The molecule has 3 aromatic rings. The number of pyridine rings is 1. The topological polar surface area (TPSA) is 30.7 Å². The average molecular weight is 274 g/mol. The molecule has 0 saturated carbocycles. The Hall–Kier alpha value is -1.68. The first-order chi connectivity index (χ1) is 7.84. The van der Waals surface area contributed by atoms with Gasteiger partial charge in [-0.05, 0) is 24.3 Å². The molecule has 78 valence electrons. The van der Waals surface area contributed by atoms with E-state index in [-0.39, 0.29) is 0 Å². The molecule has 0 spiro atoms. The zero-order chi connectivity index (χ0) is 11.0. The van der Waals surface area contributed by atoms with Crippen molar-refractivity contribution in [3.8, 4) is 5.82 Å². The molecule has 0 aliphatic heterocycles. The van der Waals surface area contributed by atoms with E-state index in [1.807, 2.05) is 41.0 Å². The lowest BCUT2D eigenvalue weighted by Crippen LogP contribution is -1.94. The average Bonchev–Trinajstić information content (AvgIpc) is 2.72. The monoisotopic (exact) mass is 273 g/mol. The van der Waals surface area contributed by atoms with Gasteiger partial charge in [0.25, 0.3) is 0 Å². The Kier molecular flexibility index (Phi) is 2.22. The van der Waals surface area contributed by atoms with Crippen molar-refractivity contribution in [1.29, 1.82) is 0 Å². The van der Waals surface area contributed by atoms with E-state index >= 15 is 0 Å². The molecule has 4 heteroatoms. The van der Waals surface area contributed by atoms with Crippen LogP contribution in [0.3, 0.4) is 0 Å². The summed E-state index contributed by atoms with van der Waals surface area (Å²) in [7, 11) is 0. The molecule has 1 aromatic carbocycles. The molecule has 3 rings (SSSR count). The maximum Gasteiger partial charge on any atom is 0.139 e. The van der Waals surface area contributed by atoms with Gasteiger partial charge in [-0.2, -0.15) is 0 Å². The molecule has 0 bridgehead atoms. The van der Waals surface area contributed by atoms with Gasteiger partial charge in [0.1, 0.15) is 12.1 Å². The Morgan fingerprint density at radius 3 is 2.81 bits per heavy atom. The lowest BCUT2D eigenvalue weighted by molar-refractivity contribution is 1.02. The van der Waals surface area contributed by atoms with E-state index in [0.29, 0.717) is 0 Å². The minimum absolute atomic E-state index is 0.864. The third-order valence-corrected chi connectivity index (χ3v) is 2.90. The zero-order valence-corrected chi connectivity index (χ0v) is 9.92. The number of hydrogen-bond donors (Lipinski definition) is 0. The fourth-order valence-electron chi connectivity index (χ4n) is 1.67. The van der Waals surface area contributed by atoms with Crippen LogP contribution >= 0.6 is 15.9 Å². The second-order valence-electron chi connectivity index (χ2n) is 3.44. The van der Waals surface area contributed by atoms with E-state index in [1.165, 1.54) is 0 Å². The Morgan fingerprint density at radius 2 is 1.94 bits per heavy atom. The van der Waals surface area contributed by atoms with Gasteiger partial charge in [0, 0.05) is 10.7 Å². The summed E-state index contributed by atoms with van der Waals surface area (Å²) in [6.45, 7) is 0. The molecule has 0 aliphatic carbocycles. The summed E-state index contributed by atoms with van der Waals surface area (Å²) >= 11 is 3.44. The van der Waals surface area contributed by atoms with Crippen LogP contribution in [0, 0.1) is 0 Å². The Balaban J connectivity index is 2.26. The van der Waals surface area contributed by atoms with Crippen molar-refractivity contribution in [2.24, 2.45) is 0 Å². The quantitative estimate of drug-likeness (QED) is 0.682. The smallest absolute Gasteiger partial charge is 0.139 e. The van der Waals surface area contributed by atoms with Crippen LogP contribution in [-0.2, 0) is 0 Å². The highest BCUT2D eigenvalue weighted by Crippen LogP contribution is 2.18. The van der Waals surface area contributed by atoms with Crippen LogP contribution in [0.15, 0.2) is 53.4 Å². The maximum atomic E-state index is 4.33. The second-order valence-corrected chi connectivity index (χ2v) is 4.35. The van der Waals surface area contributed by atoms with Crippen molar-refractivity contribution in [2.45, 2.75) is 0 Å². The van der Waals surface area contributed by atoms with E-state index in [1.54, 1.807) is 12.5 Å². The molecule has 0 N–H and O–H groups in total. The Bertz CT molecular complexity index is 645. The van der Waals surface area contributed by atoms with Gasteiger partial charge in [0.15, 0.2) is 0 Å². The number of nitrogens with zero attached hydrogens (tertiary/aromatic N) is 3. The summed E-state index contributed by atoms with van der Waals surface area (Å²) in [5.41, 5.74) is 2.04. The number of rotatable bonds is 1. The largest absolute Gasteiger partial charge is 0.283 e. The SMILES string of the molecule is Brc1ccnc(-n2cnc3ccccc32)c1. The van der Waals surface area contributed by atoms with Gasteiger partial charge in [0.05, 0.1) is 11.0 Å². The van der Waals surface area contributed by atoms with E-state index in [2.05, 4.69) is 25.9 Å². The van der Waals surface area contributed by atoms with Gasteiger partial charge in [-0.3, -0.25) is 4.57 Å². The molecule has 0 fully saturated rings. The minimum Gasteiger partial charge on any atom is -0.283 e. The van der Waals surface area contributed by atoms with Gasteiger partial charge >= 0.3 is 0 Å². The van der Waals surface area contributed by atoms with Crippen molar-refractivity contribution >= 4 is 27.0 Å². The number of fused-ring (bicyclic) bond motifs is 1. The summed E-state index contributed by atoms with van der Waals surface area (Å²) in [6.07, 6.45) is 3.56. The number of benzene rings is 1. The highest BCUT2D eigenvalue weighted by atomic mass is 79.9. The van der Waals surface area contributed by atoms with Crippen LogP contribution in [0.25, 0.3) is 16.9 Å². The van der Waals surface area contributed by atoms with E-state index in [9.17, 15) is 0 Å². The third kappa shape index (κ3) is 1.51. The van der Waals surface area contributed by atoms with Crippen molar-refractivity contribution in [1.82, 2.24) is 14.5 Å². The maximum absolute atomic E-state index is 4.33. The molecule has 16 heavy (non-hydrogen) atoms. The lowest BCUT2D eigenvalue weighted by atomic mass is 10.3. The van der Waals surface area contributed by atoms with Gasteiger partial charge in [-0.1, -0.05) is 28.1 Å². The Labute approximate surface area is 101 Å². The Morgan fingerprint density at radius 1 is 1.06 bits per heavy atom. The molecule has 3 nitrogen and oxygen atoms in total. The summed E-state index contributed by atoms with van der Waals surface area (Å²) in [5.74, 6) is 0.864. The molecule has 2 aromatic heterocycles. The van der Waals surface area contributed by atoms with Gasteiger partial charge in [0.2, 0.25) is 0 Å². The molecular formula is C12H8BrN3. The van der Waals surface area contributed by atoms with Crippen LogP contribution in [0.2, 0.25) is 0 Å². The van der Waals surface area contributed by atoms with Crippen LogP contribution in [0.4, 0.5) is 0 Å². The zero-order valence-electron chi connectivity index (χ0n) is 8.34. The summed E-state index contributed by atoms with van der Waals surface area (Å²) in [4.78, 5) is 8.66. The van der Waals surface area contributed by atoms with Crippen LogP contribution in [-0.4, -0.2) is 14.5 Å². The molecule has 2 heterocycles. The first-order valence-electron chi connectivity index (χ1n) is 4.88. The number of imidazole rings is 1. The van der Waals surface area contributed by atoms with Gasteiger partial charge in [-0.15, -0.1) is 0 Å². The lowest BCUT2D eigenvalue weighted by Gasteiger charge is -2.02. The van der Waals surface area contributed by atoms with E-state index < -0.39 is 0 Å². The second kappa shape index (κ2) is 3.72. The molecule has 0 amide bonds. The number of halogens is 1. The predicted molar refractivity (Wildman–Crippen MR) is 66.6 cm³/mol. The first-order valence-corrected chi connectivity index (χ1v) is 5.68.